The molecular formula is C31H41N4O7S2Si+. The number of nitrogens with zero attached hydrogens (tertiary/aromatic N) is 4. The van der Waals surface area contributed by atoms with Gasteiger partial charge in [0.15, 0.2) is 8.32 Å². The fourth-order valence-corrected chi connectivity index (χ4v) is 9.09. The number of fused-ring (bicyclic) bond motifs is 2. The van der Waals surface area contributed by atoms with Crippen molar-refractivity contribution in [3.63, 3.8) is 0 Å². The fourth-order valence-electron chi connectivity index (χ4n) is 5.85. The number of rotatable bonds is 11. The Balaban J connectivity index is 1.44. The first-order chi connectivity index (χ1) is 21.1. The molecule has 5 rings (SSSR count). The van der Waals surface area contributed by atoms with Crippen molar-refractivity contribution in [2.45, 2.75) is 83.1 Å². The second kappa shape index (κ2) is 12.3. The summed E-state index contributed by atoms with van der Waals surface area (Å²) < 4.78 is 16.4. The van der Waals surface area contributed by atoms with E-state index in [9.17, 15) is 24.8 Å². The molecule has 242 valence electrons. The Labute approximate surface area is 272 Å². The van der Waals surface area contributed by atoms with E-state index >= 15 is 0 Å². The lowest BCUT2D eigenvalue weighted by molar-refractivity contribution is -0.730. The number of hydrogen-bond donors (Lipinski definition) is 1. The molecule has 4 atom stereocenters. The van der Waals surface area contributed by atoms with Crippen LogP contribution in [0, 0.1) is 22.0 Å². The summed E-state index contributed by atoms with van der Waals surface area (Å²) in [5.74, 6) is -1.76. The van der Waals surface area contributed by atoms with Gasteiger partial charge in [-0.1, -0.05) is 50.8 Å². The van der Waals surface area contributed by atoms with Gasteiger partial charge < -0.3 is 19.2 Å². The number of β-lactam (4-membered cyclic amide) rings is 1. The zero-order chi connectivity index (χ0) is 33.0. The van der Waals surface area contributed by atoms with Gasteiger partial charge in [0.05, 0.1) is 34.5 Å². The van der Waals surface area contributed by atoms with Crippen LogP contribution in [-0.2, 0) is 31.9 Å². The molecule has 1 saturated heterocycles. The third kappa shape index (κ3) is 5.98. The summed E-state index contributed by atoms with van der Waals surface area (Å²) in [5, 5.41) is 22.6. The number of benzene rings is 1. The Morgan fingerprint density at radius 1 is 1.27 bits per heavy atom. The second-order valence-corrected chi connectivity index (χ2v) is 19.9. The molecule has 1 fully saturated rings. The van der Waals surface area contributed by atoms with Gasteiger partial charge in [0.1, 0.15) is 25.0 Å². The Kier molecular flexibility index (Phi) is 9.10. The Bertz CT molecular complexity index is 1670. The lowest BCUT2D eigenvalue weighted by Gasteiger charge is -2.46. The van der Waals surface area contributed by atoms with Gasteiger partial charge in [0.25, 0.3) is 12.0 Å². The van der Waals surface area contributed by atoms with Gasteiger partial charge in [-0.2, -0.15) is 4.40 Å². The van der Waals surface area contributed by atoms with Gasteiger partial charge in [-0.05, 0) is 49.0 Å². The minimum atomic E-state index is -1.88. The summed E-state index contributed by atoms with van der Waals surface area (Å²) in [6, 6.07) is 5.44. The number of non-ortho nitro benzene ring substituents is 1. The number of carbonyl (C=O) groups is 2. The minimum Gasteiger partial charge on any atom is -0.456 e. The van der Waals surface area contributed by atoms with Crippen LogP contribution in [0.4, 0.5) is 5.69 Å². The van der Waals surface area contributed by atoms with Gasteiger partial charge in [0, 0.05) is 23.6 Å². The molecule has 14 heteroatoms. The third-order valence-electron chi connectivity index (χ3n) is 9.35. The molecule has 0 spiro atoms. The monoisotopic (exact) mass is 673 g/mol. The molecule has 45 heavy (non-hydrogen) atoms. The molecule has 2 aromatic heterocycles. The first-order valence-electron chi connectivity index (χ1n) is 15.0. The van der Waals surface area contributed by atoms with E-state index in [4.69, 9.17) is 9.16 Å². The smallest absolute Gasteiger partial charge is 0.355 e. The van der Waals surface area contributed by atoms with Gasteiger partial charge in [-0.25, -0.2) is 9.36 Å². The minimum absolute atomic E-state index is 0.0546. The van der Waals surface area contributed by atoms with Crippen molar-refractivity contribution in [3.05, 3.63) is 63.0 Å². The van der Waals surface area contributed by atoms with Crippen molar-refractivity contribution in [1.29, 1.82) is 0 Å². The van der Waals surface area contributed by atoms with E-state index in [0.717, 1.165) is 20.3 Å². The van der Waals surface area contributed by atoms with Crippen molar-refractivity contribution in [3.8, 4) is 0 Å². The number of nitro groups is 1. The second-order valence-electron chi connectivity index (χ2n) is 13.3. The number of ether oxygens (including phenoxy) is 1. The van der Waals surface area contributed by atoms with Crippen molar-refractivity contribution >= 4 is 59.4 Å². The van der Waals surface area contributed by atoms with Crippen LogP contribution >= 0.6 is 23.1 Å². The number of thiazole rings is 1. The van der Waals surface area contributed by atoms with Gasteiger partial charge in [-0.15, -0.1) is 0 Å². The van der Waals surface area contributed by atoms with Crippen molar-refractivity contribution in [2.24, 2.45) is 11.8 Å². The highest BCUT2D eigenvalue weighted by Gasteiger charge is 2.60. The normalized spacial score (nSPS) is 20.9. The molecular weight excluding hydrogens is 633 g/mol. The first kappa shape index (κ1) is 33.3. The molecule has 0 bridgehead atoms. The molecule has 0 unspecified atom stereocenters. The van der Waals surface area contributed by atoms with Crippen molar-refractivity contribution in [2.75, 3.05) is 12.9 Å². The van der Waals surface area contributed by atoms with E-state index in [1.807, 2.05) is 25.7 Å². The van der Waals surface area contributed by atoms with E-state index < -0.39 is 31.2 Å². The first-order valence-corrected chi connectivity index (χ1v) is 19.9. The number of esters is 1. The average molecular weight is 674 g/mol. The Morgan fingerprint density at radius 3 is 2.51 bits per heavy atom. The van der Waals surface area contributed by atoms with E-state index in [-0.39, 0.29) is 40.9 Å². The summed E-state index contributed by atoms with van der Waals surface area (Å²) in [4.78, 5) is 40.8. The topological polar surface area (TPSA) is 128 Å². The van der Waals surface area contributed by atoms with Crippen LogP contribution in [0.1, 0.15) is 45.1 Å². The fraction of sp³-hybridized carbons (Fsp3) is 0.516. The van der Waals surface area contributed by atoms with E-state index in [1.54, 1.807) is 30.0 Å². The number of amides is 1. The van der Waals surface area contributed by atoms with Crippen molar-refractivity contribution < 1.29 is 33.3 Å². The molecule has 1 aromatic carbocycles. The maximum atomic E-state index is 13.7. The number of thioether (sulfide) groups is 1. The van der Waals surface area contributed by atoms with Crippen LogP contribution in [0.3, 0.4) is 0 Å². The van der Waals surface area contributed by atoms with Crippen LogP contribution in [0.15, 0.2) is 47.5 Å². The number of aliphatic hydroxyl groups excluding tert-OH is 1. The average Bonchev–Trinajstić information content (AvgIpc) is 3.57. The molecule has 0 saturated carbocycles. The van der Waals surface area contributed by atoms with Crippen LogP contribution in [0.5, 0.6) is 0 Å². The predicted octanol–water partition coefficient (Wildman–Crippen LogP) is 5.25. The number of nitro benzene ring substituents is 1. The SMILES string of the molecule is CSc1c2sc(C3=C(C(=O)OCc4ccc([N+](=O)[O-])cc4)N4C(=O)[C@H]([C@@H](C)O)[C@H]4[C@H]3C)cn2c[n+]1CCO[Si](C)(C)C(C)(C)C. The number of carbonyl (C=O) groups excluding carboxylic acids is 2. The summed E-state index contributed by atoms with van der Waals surface area (Å²) >= 11 is 3.20. The Hall–Kier alpha value is -3.04. The number of hydrogen-bond acceptors (Lipinski definition) is 9. The number of aliphatic hydroxyl groups is 1. The lowest BCUT2D eigenvalue weighted by atomic mass is 9.77. The van der Waals surface area contributed by atoms with E-state index in [1.165, 1.54) is 29.2 Å². The molecule has 1 N–H and O–H groups in total. The predicted molar refractivity (Wildman–Crippen MR) is 175 cm³/mol. The molecule has 3 aromatic rings. The standard InChI is InChI=1S/C31H41N4O7S2Si/c1-18-23(22-15-33-17-32(28(43-6)29(33)44-22)13-14-42-45(7,8)31(3,4)5)26(34-25(18)24(19(2)36)27(34)37)30(38)41-16-20-9-11-21(12-10-20)35(39)40/h9-12,15,17-19,24-25,36H,13-14,16H2,1-8H3/q+1/t18-,19+,24+,25+/m0/s1. The zero-order valence-electron chi connectivity index (χ0n) is 26.9. The molecule has 1 amide bonds. The highest BCUT2D eigenvalue weighted by atomic mass is 32.2. The van der Waals surface area contributed by atoms with E-state index in [0.29, 0.717) is 18.7 Å². The molecule has 2 aliphatic heterocycles. The van der Waals surface area contributed by atoms with Crippen LogP contribution in [0.2, 0.25) is 18.1 Å². The van der Waals surface area contributed by atoms with Gasteiger partial charge >= 0.3 is 5.97 Å². The Morgan fingerprint density at radius 2 is 1.93 bits per heavy atom. The summed E-state index contributed by atoms with van der Waals surface area (Å²) in [7, 11) is -1.88. The highest BCUT2D eigenvalue weighted by molar-refractivity contribution is 7.98. The number of imidazole rings is 1. The third-order valence-corrected chi connectivity index (χ3v) is 16.0. The molecule has 0 aliphatic carbocycles. The van der Waals surface area contributed by atoms with Crippen LogP contribution in [-0.4, -0.2) is 64.5 Å². The highest BCUT2D eigenvalue weighted by Crippen LogP contribution is 2.52. The molecule has 4 heterocycles. The van der Waals surface area contributed by atoms with Crippen molar-refractivity contribution in [1.82, 2.24) is 9.30 Å². The van der Waals surface area contributed by atoms with Crippen LogP contribution in [0.25, 0.3) is 10.4 Å². The largest absolute Gasteiger partial charge is 0.456 e. The summed E-state index contributed by atoms with van der Waals surface area (Å²) in [5.41, 5.74) is 1.45. The van der Waals surface area contributed by atoms with Crippen LogP contribution < -0.4 is 4.57 Å². The quantitative estimate of drug-likeness (QED) is 0.0556. The molecule has 11 nitrogen and oxygen atoms in total. The maximum Gasteiger partial charge on any atom is 0.355 e. The summed E-state index contributed by atoms with van der Waals surface area (Å²) in [6.07, 6.45) is 5.22. The lowest BCUT2D eigenvalue weighted by Crippen LogP contribution is -2.63. The number of aromatic nitrogens is 2. The maximum absolute atomic E-state index is 13.7. The molecule has 0 radical (unpaired) electrons. The van der Waals surface area contributed by atoms with Gasteiger partial charge in [0.2, 0.25) is 15.8 Å². The van der Waals surface area contributed by atoms with E-state index in [2.05, 4.69) is 42.8 Å². The van der Waals surface area contributed by atoms with Gasteiger partial charge in [-0.3, -0.25) is 14.9 Å². The molecule has 2 aliphatic rings. The summed E-state index contributed by atoms with van der Waals surface area (Å²) in [6.45, 7) is 16.0. The zero-order valence-corrected chi connectivity index (χ0v) is 29.5.